The summed E-state index contributed by atoms with van der Waals surface area (Å²) in [5.74, 6) is 5.67. The van der Waals surface area contributed by atoms with Crippen LogP contribution >= 0.6 is 0 Å². The summed E-state index contributed by atoms with van der Waals surface area (Å²) in [4.78, 5) is 0. The molecule has 141 valence electrons. The normalized spacial score (nSPS) is 9.67. The van der Waals surface area contributed by atoms with Crippen molar-refractivity contribution in [2.24, 2.45) is 0 Å². The van der Waals surface area contributed by atoms with Crippen molar-refractivity contribution >= 4 is 64.9 Å². The molecule has 1 aliphatic carbocycles. The van der Waals surface area contributed by atoms with Crippen molar-refractivity contribution in [1.82, 2.24) is 0 Å². The van der Waals surface area contributed by atoms with Crippen LogP contribution in [0.1, 0.15) is 90.9 Å². The van der Waals surface area contributed by atoms with Crippen molar-refractivity contribution in [3.8, 4) is 0 Å². The van der Waals surface area contributed by atoms with Crippen LogP contribution in [-0.2, 0) is 0 Å². The van der Waals surface area contributed by atoms with Gasteiger partial charge >= 0.3 is 0 Å². The Morgan fingerprint density at radius 3 is 0.875 bits per heavy atom. The van der Waals surface area contributed by atoms with Gasteiger partial charge in [-0.2, -0.15) is 0 Å². The van der Waals surface area contributed by atoms with E-state index in [1.807, 2.05) is 12.2 Å². The summed E-state index contributed by atoms with van der Waals surface area (Å²) in [6.07, 6.45) is 10.0. The van der Waals surface area contributed by atoms with Gasteiger partial charge in [-0.25, -0.2) is 0 Å². The minimum atomic E-state index is 0. The van der Waals surface area contributed by atoms with E-state index in [2.05, 4.69) is 95.2 Å². The molecular weight excluding hydrogens is 569 g/mol. The van der Waals surface area contributed by atoms with Crippen molar-refractivity contribution < 1.29 is 1.43 Å². The van der Waals surface area contributed by atoms with Crippen LogP contribution in [0.2, 0.25) is 0 Å². The molecule has 0 unspecified atom stereocenters. The maximum Gasteiger partial charge on any atom is 0 e. The van der Waals surface area contributed by atoms with E-state index in [9.17, 15) is 0 Å². The van der Waals surface area contributed by atoms with E-state index in [1.54, 1.807) is 0 Å². The first-order valence-corrected chi connectivity index (χ1v) is 7.72. The second-order valence-electron chi connectivity index (χ2n) is 7.00. The van der Waals surface area contributed by atoms with Gasteiger partial charge in [0.2, 0.25) is 0 Å². The summed E-state index contributed by atoms with van der Waals surface area (Å²) >= 11 is 0. The molecule has 0 bridgehead atoms. The molecule has 1 rings (SSSR count). The van der Waals surface area contributed by atoms with E-state index in [-0.39, 0.29) is 66.3 Å². The Balaban J connectivity index is -0.0000000233. The summed E-state index contributed by atoms with van der Waals surface area (Å²) in [6.45, 7) is 25.0. The van der Waals surface area contributed by atoms with Crippen LogP contribution in [0.4, 0.5) is 0 Å². The Hall–Kier alpha value is 1.60. The third kappa shape index (κ3) is 277. The average molecular weight is 612 g/mol. The monoisotopic (exact) mass is 615 g/mol. The van der Waals surface area contributed by atoms with Gasteiger partial charge in [0.1, 0.15) is 0 Å². The van der Waals surface area contributed by atoms with Crippen LogP contribution in [0.5, 0.6) is 0 Å². The number of allylic oxidation sites excluding steroid dienone is 4. The largest absolute Gasteiger partial charge is 0.0801 e. The fourth-order valence-electron chi connectivity index (χ4n) is 0.340. The molecule has 0 N–H and O–H groups in total. The first-order valence-electron chi connectivity index (χ1n) is 7.72. The van der Waals surface area contributed by atoms with E-state index < -0.39 is 0 Å². The Morgan fingerprint density at radius 1 is 0.625 bits per heavy atom. The van der Waals surface area contributed by atoms with Gasteiger partial charge < -0.3 is 0 Å². The van der Waals surface area contributed by atoms with Crippen LogP contribution in [0.25, 0.3) is 0 Å². The van der Waals surface area contributed by atoms with Gasteiger partial charge in [0.05, 0.1) is 0 Å². The van der Waals surface area contributed by atoms with Gasteiger partial charge in [-0.3, -0.25) is 0 Å². The summed E-state index contributed by atoms with van der Waals surface area (Å²) < 4.78 is 0. The minimum Gasteiger partial charge on any atom is -0.0801 e. The molecule has 0 aromatic rings. The van der Waals surface area contributed by atoms with Gasteiger partial charge in [-0.15, -0.1) is 0 Å². The minimum absolute atomic E-state index is 0. The smallest absolute Gasteiger partial charge is 0 e. The molecule has 0 aromatic carbocycles. The van der Waals surface area contributed by atoms with Gasteiger partial charge in [-0.1, -0.05) is 101 Å². The molecule has 1 aliphatic rings. The van der Waals surface area contributed by atoms with Crippen LogP contribution in [0, 0.1) is 29.7 Å². The third-order valence-electron chi connectivity index (χ3n) is 0.586. The molecule has 0 saturated heterocycles. The maximum absolute atomic E-state index is 2.99. The maximum atomic E-state index is 2.99. The van der Waals surface area contributed by atoms with E-state index in [0.29, 0.717) is 0 Å². The number of hydrogen-bond acceptors (Lipinski definition) is 0. The molecule has 0 atom stereocenters. The van der Waals surface area contributed by atoms with Crippen LogP contribution in [-0.4, -0.2) is 64.9 Å². The molecule has 0 fully saturated rings. The molecule has 0 aliphatic heterocycles. The van der Waals surface area contributed by atoms with E-state index in [4.69, 9.17) is 0 Å². The molecule has 0 spiro atoms. The Labute approximate surface area is 202 Å². The van der Waals surface area contributed by atoms with Gasteiger partial charge in [0.25, 0.3) is 0 Å². The van der Waals surface area contributed by atoms with Crippen molar-refractivity contribution in [3.05, 3.63) is 48.0 Å². The zero-order chi connectivity index (χ0) is 17.8. The van der Waals surface area contributed by atoms with E-state index >= 15 is 0 Å². The first-order chi connectivity index (χ1) is 9.43. The molecule has 0 saturated carbocycles. The standard InChI is InChI=1S/C5H5.4C4H9.Se.2Sn.H2/c1-2-4-5-3-1;4*1-4(2)3;;;;/h1-3H,4H2;4*1-3H3;;;;1H. The van der Waals surface area contributed by atoms with Crippen molar-refractivity contribution in [3.63, 3.8) is 0 Å². The van der Waals surface area contributed by atoms with Gasteiger partial charge in [0.15, 0.2) is 0 Å². The summed E-state index contributed by atoms with van der Waals surface area (Å²) in [5.41, 5.74) is 0. The predicted octanol–water partition coefficient (Wildman–Crippen LogP) is 6.89. The van der Waals surface area contributed by atoms with Crippen molar-refractivity contribution in [2.45, 2.75) is 89.5 Å². The summed E-state index contributed by atoms with van der Waals surface area (Å²) in [5, 5.41) is 0. The van der Waals surface area contributed by atoms with Crippen molar-refractivity contribution in [2.75, 3.05) is 0 Å². The third-order valence-corrected chi connectivity index (χ3v) is 0.586. The SMILES string of the molecule is C[C](C)C.C[C](C)C.C[C](C)C.C[C](C)C.[C]1=CC=CC1.[HH].[Se].[Sn].[Sn]. The average Bonchev–Trinajstić information content (AvgIpc) is 2.68. The van der Waals surface area contributed by atoms with Crippen LogP contribution in [0.15, 0.2) is 18.2 Å². The van der Waals surface area contributed by atoms with E-state index in [1.165, 1.54) is 23.7 Å². The zero-order valence-electron chi connectivity index (χ0n) is 18.3. The predicted molar refractivity (Wildman–Crippen MR) is 122 cm³/mol. The fourth-order valence-corrected chi connectivity index (χ4v) is 0.340. The second kappa shape index (κ2) is 39.6. The summed E-state index contributed by atoms with van der Waals surface area (Å²) in [6, 6.07) is 0. The molecule has 24 heavy (non-hydrogen) atoms. The van der Waals surface area contributed by atoms with Crippen LogP contribution in [0.3, 0.4) is 0 Å². The Kier molecular flexibility index (Phi) is 73.9. The molecule has 0 nitrogen and oxygen atoms in total. The molecule has 0 heterocycles. The van der Waals surface area contributed by atoms with Gasteiger partial charge in [0, 0.05) is 66.3 Å². The van der Waals surface area contributed by atoms with Crippen LogP contribution < -0.4 is 0 Å². The number of hydrogen-bond donors (Lipinski definition) is 0. The summed E-state index contributed by atoms with van der Waals surface area (Å²) in [7, 11) is 0. The quantitative estimate of drug-likeness (QED) is 0.262. The van der Waals surface area contributed by atoms with Gasteiger partial charge in [-0.05, 0) is 36.2 Å². The zero-order valence-corrected chi connectivity index (χ0v) is 25.8. The number of rotatable bonds is 0. The topological polar surface area (TPSA) is 0 Å². The molecule has 15 radical (unpaired) electrons. The molecule has 0 amide bonds. The van der Waals surface area contributed by atoms with E-state index in [0.717, 1.165) is 6.42 Å². The first kappa shape index (κ1) is 44.8. The Morgan fingerprint density at radius 2 is 0.833 bits per heavy atom. The second-order valence-corrected chi connectivity index (χ2v) is 7.00. The molecule has 3 heteroatoms. The fraction of sp³-hybridized carbons (Fsp3) is 0.619. The Bertz CT molecular complexity index is 169. The molecule has 0 aromatic heterocycles. The molecular formula is C21H43SeSn2. The van der Waals surface area contributed by atoms with Crippen molar-refractivity contribution in [1.29, 1.82) is 0 Å².